The minimum Gasteiger partial charge on any atom is -0.408 e. The minimum absolute atomic E-state index is 0.391. The lowest BCUT2D eigenvalue weighted by Gasteiger charge is -2.01. The van der Waals surface area contributed by atoms with Crippen molar-refractivity contribution >= 4 is 6.01 Å². The number of nitrogens with zero attached hydrogens (tertiary/aromatic N) is 2. The van der Waals surface area contributed by atoms with E-state index in [0.717, 1.165) is 0 Å². The lowest BCUT2D eigenvalue weighted by Crippen LogP contribution is -2.08. The number of aryl methyl sites for hydroxylation is 1. The SMILES string of the molecule is Cc1nnc(NC2CC2(C)C)o1. The van der Waals surface area contributed by atoms with Crippen LogP contribution >= 0.6 is 0 Å². The van der Waals surface area contributed by atoms with Crippen LogP contribution in [0.5, 0.6) is 0 Å². The fraction of sp³-hybridized carbons (Fsp3) is 0.750. The van der Waals surface area contributed by atoms with Gasteiger partial charge in [0.15, 0.2) is 0 Å². The van der Waals surface area contributed by atoms with Gasteiger partial charge in [0, 0.05) is 13.0 Å². The quantitative estimate of drug-likeness (QED) is 0.726. The maximum atomic E-state index is 5.19. The number of anilines is 1. The van der Waals surface area contributed by atoms with Gasteiger partial charge in [-0.25, -0.2) is 0 Å². The highest BCUT2D eigenvalue weighted by Crippen LogP contribution is 2.46. The molecule has 0 spiro atoms. The van der Waals surface area contributed by atoms with Crippen molar-refractivity contribution in [2.75, 3.05) is 5.32 Å². The molecule has 1 unspecified atom stereocenters. The lowest BCUT2D eigenvalue weighted by molar-refractivity contribution is 0.524. The van der Waals surface area contributed by atoms with Crippen molar-refractivity contribution in [2.24, 2.45) is 5.41 Å². The molecule has 1 atom stereocenters. The first-order valence-electron chi connectivity index (χ1n) is 4.14. The van der Waals surface area contributed by atoms with Gasteiger partial charge in [-0.15, -0.1) is 5.10 Å². The molecule has 1 aliphatic rings. The Balaban J connectivity index is 1.97. The molecule has 1 aromatic rings. The predicted octanol–water partition coefficient (Wildman–Crippen LogP) is 1.59. The highest BCUT2D eigenvalue weighted by molar-refractivity contribution is 5.26. The molecular formula is C8H13N3O. The first-order valence-corrected chi connectivity index (χ1v) is 4.14. The Morgan fingerprint density at radius 1 is 1.50 bits per heavy atom. The van der Waals surface area contributed by atoms with Crippen molar-refractivity contribution < 1.29 is 4.42 Å². The molecule has 0 aromatic carbocycles. The van der Waals surface area contributed by atoms with Crippen LogP contribution in [0.1, 0.15) is 26.2 Å². The van der Waals surface area contributed by atoms with Crippen LogP contribution in [0.2, 0.25) is 0 Å². The molecule has 1 fully saturated rings. The Kier molecular flexibility index (Phi) is 1.40. The van der Waals surface area contributed by atoms with Crippen LogP contribution < -0.4 is 5.32 Å². The number of rotatable bonds is 2. The fourth-order valence-corrected chi connectivity index (χ4v) is 1.22. The summed E-state index contributed by atoms with van der Waals surface area (Å²) in [4.78, 5) is 0. The van der Waals surface area contributed by atoms with Crippen molar-refractivity contribution in [1.82, 2.24) is 10.2 Å². The molecule has 0 amide bonds. The number of aromatic nitrogens is 2. The first kappa shape index (κ1) is 7.58. The van der Waals surface area contributed by atoms with Gasteiger partial charge in [-0.1, -0.05) is 18.9 Å². The first-order chi connectivity index (χ1) is 5.58. The molecule has 2 rings (SSSR count). The van der Waals surface area contributed by atoms with E-state index in [1.54, 1.807) is 6.92 Å². The summed E-state index contributed by atoms with van der Waals surface area (Å²) >= 11 is 0. The van der Waals surface area contributed by atoms with Gasteiger partial charge in [0.25, 0.3) is 0 Å². The number of hydrogen-bond donors (Lipinski definition) is 1. The van der Waals surface area contributed by atoms with Crippen molar-refractivity contribution in [3.63, 3.8) is 0 Å². The summed E-state index contributed by atoms with van der Waals surface area (Å²) in [5.74, 6) is 0.607. The van der Waals surface area contributed by atoms with Gasteiger partial charge >= 0.3 is 6.01 Å². The average Bonchev–Trinajstić information content (AvgIpc) is 2.41. The molecule has 66 valence electrons. The third kappa shape index (κ3) is 1.29. The van der Waals surface area contributed by atoms with Crippen molar-refractivity contribution in [3.8, 4) is 0 Å². The highest BCUT2D eigenvalue weighted by Gasteiger charge is 2.46. The van der Waals surface area contributed by atoms with E-state index in [1.807, 2.05) is 0 Å². The van der Waals surface area contributed by atoms with Crippen LogP contribution in [-0.2, 0) is 0 Å². The Labute approximate surface area is 71.4 Å². The predicted molar refractivity (Wildman–Crippen MR) is 44.8 cm³/mol. The maximum Gasteiger partial charge on any atom is 0.315 e. The summed E-state index contributed by atoms with van der Waals surface area (Å²) in [6.45, 7) is 6.22. The van der Waals surface area contributed by atoms with E-state index >= 15 is 0 Å². The van der Waals surface area contributed by atoms with Gasteiger partial charge in [0.1, 0.15) is 0 Å². The molecule has 1 heterocycles. The molecule has 1 aliphatic carbocycles. The van der Waals surface area contributed by atoms with Crippen LogP contribution in [0.15, 0.2) is 4.42 Å². The highest BCUT2D eigenvalue weighted by atomic mass is 16.4. The maximum absolute atomic E-state index is 5.19. The van der Waals surface area contributed by atoms with Gasteiger partial charge in [-0.3, -0.25) is 0 Å². The van der Waals surface area contributed by atoms with E-state index in [9.17, 15) is 0 Å². The normalized spacial score (nSPS) is 25.4. The Bertz CT molecular complexity index is 292. The van der Waals surface area contributed by atoms with Gasteiger partial charge in [-0.05, 0) is 11.8 Å². The van der Waals surface area contributed by atoms with E-state index in [0.29, 0.717) is 23.4 Å². The van der Waals surface area contributed by atoms with Gasteiger partial charge in [0.05, 0.1) is 0 Å². The van der Waals surface area contributed by atoms with Crippen LogP contribution in [0.3, 0.4) is 0 Å². The Hall–Kier alpha value is -1.06. The van der Waals surface area contributed by atoms with E-state index in [1.165, 1.54) is 6.42 Å². The molecule has 0 radical (unpaired) electrons. The molecule has 1 aromatic heterocycles. The van der Waals surface area contributed by atoms with Crippen molar-refractivity contribution in [2.45, 2.75) is 33.2 Å². The number of hydrogen-bond acceptors (Lipinski definition) is 4. The smallest absolute Gasteiger partial charge is 0.315 e. The third-order valence-electron chi connectivity index (χ3n) is 2.34. The largest absolute Gasteiger partial charge is 0.408 e. The minimum atomic E-state index is 0.391. The van der Waals surface area contributed by atoms with E-state index in [4.69, 9.17) is 4.42 Å². The van der Waals surface area contributed by atoms with Crippen LogP contribution in [0.25, 0.3) is 0 Å². The van der Waals surface area contributed by atoms with E-state index < -0.39 is 0 Å². The zero-order valence-corrected chi connectivity index (χ0v) is 7.59. The van der Waals surface area contributed by atoms with Crippen LogP contribution in [-0.4, -0.2) is 16.2 Å². The summed E-state index contributed by atoms with van der Waals surface area (Å²) in [5.41, 5.74) is 0.391. The summed E-state index contributed by atoms with van der Waals surface area (Å²) in [6.07, 6.45) is 1.18. The molecule has 4 nitrogen and oxygen atoms in total. The van der Waals surface area contributed by atoms with Gasteiger partial charge in [0.2, 0.25) is 5.89 Å². The second kappa shape index (κ2) is 2.21. The average molecular weight is 167 g/mol. The number of nitrogens with one attached hydrogen (secondary N) is 1. The Morgan fingerprint density at radius 2 is 2.17 bits per heavy atom. The summed E-state index contributed by atoms with van der Waals surface area (Å²) in [5, 5.41) is 10.8. The molecule has 0 bridgehead atoms. The molecule has 1 N–H and O–H groups in total. The summed E-state index contributed by atoms with van der Waals surface area (Å²) in [6, 6.07) is 1.04. The zero-order valence-electron chi connectivity index (χ0n) is 7.59. The molecule has 0 aliphatic heterocycles. The van der Waals surface area contributed by atoms with Gasteiger partial charge in [-0.2, -0.15) is 0 Å². The third-order valence-corrected chi connectivity index (χ3v) is 2.34. The van der Waals surface area contributed by atoms with Crippen molar-refractivity contribution in [1.29, 1.82) is 0 Å². The van der Waals surface area contributed by atoms with Crippen molar-refractivity contribution in [3.05, 3.63) is 5.89 Å². The molecule has 12 heavy (non-hydrogen) atoms. The molecule has 0 saturated heterocycles. The van der Waals surface area contributed by atoms with Crippen LogP contribution in [0, 0.1) is 12.3 Å². The zero-order chi connectivity index (χ0) is 8.77. The topological polar surface area (TPSA) is 51.0 Å². The standard InChI is InChI=1S/C8H13N3O/c1-5-10-11-7(12-5)9-6-4-8(6,2)3/h6H,4H2,1-3H3,(H,9,11). The lowest BCUT2D eigenvalue weighted by atomic mass is 10.2. The van der Waals surface area contributed by atoms with E-state index in [-0.39, 0.29) is 0 Å². The second-order valence-corrected chi connectivity index (χ2v) is 4.02. The van der Waals surface area contributed by atoms with E-state index in [2.05, 4.69) is 29.4 Å². The molecular weight excluding hydrogens is 154 g/mol. The Morgan fingerprint density at radius 3 is 2.58 bits per heavy atom. The fourth-order valence-electron chi connectivity index (χ4n) is 1.22. The monoisotopic (exact) mass is 167 g/mol. The van der Waals surface area contributed by atoms with Crippen LogP contribution in [0.4, 0.5) is 6.01 Å². The second-order valence-electron chi connectivity index (χ2n) is 4.02. The molecule has 1 saturated carbocycles. The summed E-state index contributed by atoms with van der Waals surface area (Å²) in [7, 11) is 0. The molecule has 4 heteroatoms. The summed E-state index contributed by atoms with van der Waals surface area (Å²) < 4.78 is 5.19. The van der Waals surface area contributed by atoms with Gasteiger partial charge < -0.3 is 9.73 Å².